The first kappa shape index (κ1) is 17.7. The number of benzene rings is 1. The average molecular weight is 371 g/mol. The number of aromatic amines is 1. The molecule has 3 rings (SSSR count). The number of nitrogens with zero attached hydrogens (tertiary/aromatic N) is 1. The van der Waals surface area contributed by atoms with Crippen molar-refractivity contribution in [3.05, 3.63) is 53.2 Å². The van der Waals surface area contributed by atoms with E-state index in [-0.39, 0.29) is 12.3 Å². The molecule has 0 aliphatic carbocycles. The molecule has 1 amide bonds. The number of hydrogen-bond acceptors (Lipinski definition) is 6. The second kappa shape index (κ2) is 7.83. The van der Waals surface area contributed by atoms with Crippen molar-refractivity contribution in [1.29, 1.82) is 0 Å². The zero-order chi connectivity index (χ0) is 18.5. The van der Waals surface area contributed by atoms with E-state index < -0.39 is 5.97 Å². The van der Waals surface area contributed by atoms with Gasteiger partial charge in [0.15, 0.2) is 5.13 Å². The van der Waals surface area contributed by atoms with Gasteiger partial charge in [0.2, 0.25) is 5.91 Å². The van der Waals surface area contributed by atoms with Crippen molar-refractivity contribution in [3.63, 3.8) is 0 Å². The zero-order valence-corrected chi connectivity index (χ0v) is 15.1. The van der Waals surface area contributed by atoms with Gasteiger partial charge in [-0.1, -0.05) is 12.1 Å². The third-order valence-electron chi connectivity index (χ3n) is 3.66. The first-order valence-electron chi connectivity index (χ1n) is 7.74. The number of esters is 1. The van der Waals surface area contributed by atoms with Gasteiger partial charge in [-0.05, 0) is 23.8 Å². The van der Waals surface area contributed by atoms with Gasteiger partial charge in [0.05, 0.1) is 26.3 Å². The molecular weight excluding hydrogens is 354 g/mol. The summed E-state index contributed by atoms with van der Waals surface area (Å²) in [7, 11) is 2.92. The van der Waals surface area contributed by atoms with Crippen LogP contribution in [-0.2, 0) is 16.0 Å². The summed E-state index contributed by atoms with van der Waals surface area (Å²) in [4.78, 5) is 30.9. The number of methoxy groups -OCH3 is 2. The van der Waals surface area contributed by atoms with Crippen LogP contribution in [0.25, 0.3) is 11.3 Å². The van der Waals surface area contributed by atoms with Gasteiger partial charge < -0.3 is 19.8 Å². The van der Waals surface area contributed by atoms with Gasteiger partial charge in [0.1, 0.15) is 11.4 Å². The van der Waals surface area contributed by atoms with Crippen LogP contribution in [0.1, 0.15) is 16.1 Å². The zero-order valence-electron chi connectivity index (χ0n) is 14.2. The van der Waals surface area contributed by atoms with Crippen LogP contribution in [0.2, 0.25) is 0 Å². The van der Waals surface area contributed by atoms with Crippen LogP contribution in [-0.4, -0.2) is 36.1 Å². The molecule has 7 nitrogen and oxygen atoms in total. The molecule has 8 heteroatoms. The van der Waals surface area contributed by atoms with Crippen LogP contribution in [0.4, 0.5) is 5.13 Å². The second-order valence-corrected chi connectivity index (χ2v) is 6.26. The lowest BCUT2D eigenvalue weighted by atomic mass is 10.1. The van der Waals surface area contributed by atoms with E-state index >= 15 is 0 Å². The Bertz CT molecular complexity index is 915. The molecule has 0 saturated carbocycles. The minimum Gasteiger partial charge on any atom is -0.497 e. The molecule has 3 aromatic rings. The Labute approximate surface area is 154 Å². The molecule has 2 heterocycles. The van der Waals surface area contributed by atoms with E-state index in [0.717, 1.165) is 16.9 Å². The lowest BCUT2D eigenvalue weighted by Crippen LogP contribution is -2.14. The highest BCUT2D eigenvalue weighted by atomic mass is 32.1. The summed E-state index contributed by atoms with van der Waals surface area (Å²) in [6.07, 6.45) is 1.92. The number of rotatable bonds is 6. The van der Waals surface area contributed by atoms with Gasteiger partial charge in [-0.15, -0.1) is 11.3 Å². The third kappa shape index (κ3) is 4.09. The molecule has 0 fully saturated rings. The molecule has 0 bridgehead atoms. The SMILES string of the molecule is COC(=O)c1cc(-c2csc(NC(=O)Cc3ccc(OC)cc3)n2)c[nH]1. The molecule has 2 aromatic heterocycles. The quantitative estimate of drug-likeness (QED) is 0.650. The summed E-state index contributed by atoms with van der Waals surface area (Å²) in [5.74, 6) is 0.149. The fourth-order valence-electron chi connectivity index (χ4n) is 2.33. The van der Waals surface area contributed by atoms with Crippen molar-refractivity contribution in [3.8, 4) is 17.0 Å². The molecule has 0 spiro atoms. The molecular formula is C18H17N3O4S. The van der Waals surface area contributed by atoms with Crippen molar-refractivity contribution < 1.29 is 19.1 Å². The average Bonchev–Trinajstić information content (AvgIpc) is 3.31. The van der Waals surface area contributed by atoms with Crippen LogP contribution >= 0.6 is 11.3 Å². The number of thiazole rings is 1. The highest BCUT2D eigenvalue weighted by Crippen LogP contribution is 2.26. The third-order valence-corrected chi connectivity index (χ3v) is 4.42. The first-order valence-corrected chi connectivity index (χ1v) is 8.62. The van der Waals surface area contributed by atoms with E-state index in [2.05, 4.69) is 20.0 Å². The lowest BCUT2D eigenvalue weighted by Gasteiger charge is -2.03. The number of anilines is 1. The number of ether oxygens (including phenoxy) is 2. The number of amides is 1. The van der Waals surface area contributed by atoms with Crippen LogP contribution < -0.4 is 10.1 Å². The molecule has 0 aliphatic rings. The van der Waals surface area contributed by atoms with Gasteiger partial charge >= 0.3 is 5.97 Å². The lowest BCUT2D eigenvalue weighted by molar-refractivity contribution is -0.115. The van der Waals surface area contributed by atoms with Crippen molar-refractivity contribution in [2.24, 2.45) is 0 Å². The Hall–Kier alpha value is -3.13. The van der Waals surface area contributed by atoms with Crippen molar-refractivity contribution in [2.45, 2.75) is 6.42 Å². The van der Waals surface area contributed by atoms with Gasteiger partial charge in [0.25, 0.3) is 0 Å². The molecule has 26 heavy (non-hydrogen) atoms. The Morgan fingerprint density at radius 1 is 1.23 bits per heavy atom. The molecule has 1 aromatic carbocycles. The first-order chi connectivity index (χ1) is 12.6. The maximum Gasteiger partial charge on any atom is 0.354 e. The Balaban J connectivity index is 1.63. The molecule has 0 radical (unpaired) electrons. The standard InChI is InChI=1S/C18H17N3O4S/c1-24-13-5-3-11(4-6-13)7-16(22)21-18-20-15(10-26-18)12-8-14(19-9-12)17(23)25-2/h3-6,8-10,19H,7H2,1-2H3,(H,20,21,22). The predicted octanol–water partition coefficient (Wildman–Crippen LogP) is 3.11. The highest BCUT2D eigenvalue weighted by Gasteiger charge is 2.13. The van der Waals surface area contributed by atoms with Crippen LogP contribution in [0, 0.1) is 0 Å². The van der Waals surface area contributed by atoms with E-state index in [4.69, 9.17) is 4.74 Å². The molecule has 0 aliphatic heterocycles. The van der Waals surface area contributed by atoms with E-state index in [1.165, 1.54) is 18.4 Å². The maximum absolute atomic E-state index is 12.2. The minimum absolute atomic E-state index is 0.152. The fraction of sp³-hybridized carbons (Fsp3) is 0.167. The fourth-order valence-corrected chi connectivity index (χ4v) is 3.06. The number of carbonyl (C=O) groups is 2. The molecule has 0 unspecified atom stereocenters. The van der Waals surface area contributed by atoms with E-state index in [0.29, 0.717) is 16.5 Å². The normalized spacial score (nSPS) is 10.4. The summed E-state index contributed by atoms with van der Waals surface area (Å²) in [6, 6.07) is 8.98. The molecule has 0 saturated heterocycles. The number of H-pyrrole nitrogens is 1. The van der Waals surface area contributed by atoms with Gasteiger partial charge in [-0.25, -0.2) is 9.78 Å². The smallest absolute Gasteiger partial charge is 0.354 e. The maximum atomic E-state index is 12.2. The summed E-state index contributed by atoms with van der Waals surface area (Å²) < 4.78 is 9.76. The number of aromatic nitrogens is 2. The Morgan fingerprint density at radius 2 is 2.00 bits per heavy atom. The van der Waals surface area contributed by atoms with Crippen LogP contribution in [0.3, 0.4) is 0 Å². The Morgan fingerprint density at radius 3 is 2.69 bits per heavy atom. The van der Waals surface area contributed by atoms with Gasteiger partial charge in [-0.3, -0.25) is 4.79 Å². The number of nitrogens with one attached hydrogen (secondary N) is 2. The van der Waals surface area contributed by atoms with Gasteiger partial charge in [-0.2, -0.15) is 0 Å². The summed E-state index contributed by atoms with van der Waals surface area (Å²) in [5.41, 5.74) is 2.65. The van der Waals surface area contributed by atoms with Crippen LogP contribution in [0.15, 0.2) is 41.9 Å². The van der Waals surface area contributed by atoms with Crippen LogP contribution in [0.5, 0.6) is 5.75 Å². The summed E-state index contributed by atoms with van der Waals surface area (Å²) in [6.45, 7) is 0. The number of carbonyl (C=O) groups excluding carboxylic acids is 2. The number of hydrogen-bond donors (Lipinski definition) is 2. The van der Waals surface area contributed by atoms with E-state index in [1.54, 1.807) is 19.4 Å². The molecule has 2 N–H and O–H groups in total. The second-order valence-electron chi connectivity index (χ2n) is 5.40. The van der Waals surface area contributed by atoms with Gasteiger partial charge in [0, 0.05) is 17.1 Å². The molecule has 0 atom stereocenters. The Kier molecular flexibility index (Phi) is 5.33. The van der Waals surface area contributed by atoms with Crippen molar-refractivity contribution >= 4 is 28.3 Å². The van der Waals surface area contributed by atoms with E-state index in [9.17, 15) is 9.59 Å². The summed E-state index contributed by atoms with van der Waals surface area (Å²) in [5, 5.41) is 5.10. The van der Waals surface area contributed by atoms with E-state index in [1.807, 2.05) is 29.6 Å². The molecule has 134 valence electrons. The predicted molar refractivity (Wildman–Crippen MR) is 98.6 cm³/mol. The topological polar surface area (TPSA) is 93.3 Å². The largest absolute Gasteiger partial charge is 0.497 e. The minimum atomic E-state index is -0.445. The monoisotopic (exact) mass is 371 g/mol. The van der Waals surface area contributed by atoms with Crippen molar-refractivity contribution in [1.82, 2.24) is 9.97 Å². The van der Waals surface area contributed by atoms with Crippen molar-refractivity contribution in [2.75, 3.05) is 19.5 Å². The highest BCUT2D eigenvalue weighted by molar-refractivity contribution is 7.14. The summed E-state index contributed by atoms with van der Waals surface area (Å²) >= 11 is 1.32.